The number of methoxy groups -OCH3 is 1. The first kappa shape index (κ1) is 18.6. The average molecular weight is 335 g/mol. The molecular formula is C18H29N3O3. The highest BCUT2D eigenvalue weighted by Crippen LogP contribution is 2.18. The van der Waals surface area contributed by atoms with Crippen molar-refractivity contribution in [2.24, 2.45) is 11.8 Å². The largest absolute Gasteiger partial charge is 0.467 e. The molecule has 6 heteroatoms. The van der Waals surface area contributed by atoms with Gasteiger partial charge in [-0.2, -0.15) is 5.10 Å². The summed E-state index contributed by atoms with van der Waals surface area (Å²) in [6, 6.07) is 1.18. The van der Waals surface area contributed by atoms with Gasteiger partial charge in [-0.15, -0.1) is 0 Å². The molecule has 0 bridgehead atoms. The highest BCUT2D eigenvalue weighted by Gasteiger charge is 2.26. The van der Waals surface area contributed by atoms with Gasteiger partial charge in [-0.05, 0) is 31.2 Å². The Balaban J connectivity index is 2.23. The number of ether oxygens (including phenoxy) is 1. The Morgan fingerprint density at radius 2 is 2.08 bits per heavy atom. The van der Waals surface area contributed by atoms with Gasteiger partial charge in [0, 0.05) is 31.6 Å². The van der Waals surface area contributed by atoms with Crippen molar-refractivity contribution in [2.75, 3.05) is 26.7 Å². The molecule has 1 aromatic rings. The van der Waals surface area contributed by atoms with Crippen LogP contribution in [0.2, 0.25) is 0 Å². The van der Waals surface area contributed by atoms with Crippen LogP contribution in [0, 0.1) is 18.8 Å². The van der Waals surface area contributed by atoms with Crippen LogP contribution in [-0.4, -0.2) is 47.4 Å². The van der Waals surface area contributed by atoms with Gasteiger partial charge in [0.2, 0.25) is 0 Å². The highest BCUT2D eigenvalue weighted by atomic mass is 16.5. The van der Waals surface area contributed by atoms with E-state index in [0.29, 0.717) is 12.0 Å². The Kier molecular flexibility index (Phi) is 6.15. The van der Waals surface area contributed by atoms with E-state index in [-0.39, 0.29) is 11.5 Å². The predicted octanol–water partition coefficient (Wildman–Crippen LogP) is 1.81. The third-order valence-electron chi connectivity index (χ3n) is 4.45. The Bertz CT molecular complexity index is 633. The molecule has 0 spiro atoms. The Morgan fingerprint density at radius 1 is 1.42 bits per heavy atom. The second-order valence-corrected chi connectivity index (χ2v) is 7.35. The molecule has 2 rings (SSSR count). The van der Waals surface area contributed by atoms with Gasteiger partial charge in [0.15, 0.2) is 6.04 Å². The van der Waals surface area contributed by atoms with Crippen molar-refractivity contribution in [2.45, 2.75) is 46.6 Å². The molecule has 1 atom stereocenters. The second-order valence-electron chi connectivity index (χ2n) is 7.35. The summed E-state index contributed by atoms with van der Waals surface area (Å²) in [6.45, 7) is 11.2. The number of likely N-dealkylation sites (tertiary alicyclic amines) is 1. The third-order valence-corrected chi connectivity index (χ3v) is 4.45. The van der Waals surface area contributed by atoms with Crippen molar-refractivity contribution in [1.82, 2.24) is 14.7 Å². The number of hydrogen-bond donors (Lipinski definition) is 0. The van der Waals surface area contributed by atoms with Crippen molar-refractivity contribution in [3.8, 4) is 0 Å². The number of aromatic nitrogens is 2. The fraction of sp³-hybridized carbons (Fsp3) is 0.722. The van der Waals surface area contributed by atoms with E-state index in [4.69, 9.17) is 4.74 Å². The van der Waals surface area contributed by atoms with E-state index in [0.717, 1.165) is 37.7 Å². The summed E-state index contributed by atoms with van der Waals surface area (Å²) >= 11 is 0. The van der Waals surface area contributed by atoms with Crippen LogP contribution in [0.25, 0.3) is 0 Å². The van der Waals surface area contributed by atoms with Gasteiger partial charge in [0.05, 0.1) is 12.8 Å². The standard InChI is InChI=1S/C18H29N3O3/c1-12(2)8-16(18(23)24-5)21-17(22)14(4)9-15(19-21)6-7-20-10-13(3)11-20/h9,12-13,16H,6-8,10-11H2,1-5H3. The van der Waals surface area contributed by atoms with E-state index in [9.17, 15) is 9.59 Å². The van der Waals surface area contributed by atoms with Gasteiger partial charge in [0.25, 0.3) is 5.56 Å². The molecule has 1 fully saturated rings. The molecule has 1 aromatic heterocycles. The summed E-state index contributed by atoms with van der Waals surface area (Å²) < 4.78 is 6.22. The lowest BCUT2D eigenvalue weighted by molar-refractivity contribution is -0.145. The van der Waals surface area contributed by atoms with E-state index in [2.05, 4.69) is 16.9 Å². The molecular weight excluding hydrogens is 306 g/mol. The third kappa shape index (κ3) is 4.44. The van der Waals surface area contributed by atoms with Crippen LogP contribution in [0.1, 0.15) is 44.5 Å². The van der Waals surface area contributed by atoms with E-state index in [1.807, 2.05) is 19.9 Å². The molecule has 0 aromatic carbocycles. The number of nitrogens with zero attached hydrogens (tertiary/aromatic N) is 3. The molecule has 1 saturated heterocycles. The molecule has 24 heavy (non-hydrogen) atoms. The number of carbonyl (C=O) groups excluding carboxylic acids is 1. The van der Waals surface area contributed by atoms with E-state index < -0.39 is 12.0 Å². The van der Waals surface area contributed by atoms with Crippen molar-refractivity contribution in [1.29, 1.82) is 0 Å². The van der Waals surface area contributed by atoms with Gasteiger partial charge in [-0.1, -0.05) is 20.8 Å². The fourth-order valence-corrected chi connectivity index (χ4v) is 3.20. The van der Waals surface area contributed by atoms with Crippen LogP contribution in [0.4, 0.5) is 0 Å². The molecule has 0 radical (unpaired) electrons. The Morgan fingerprint density at radius 3 is 2.62 bits per heavy atom. The number of aryl methyl sites for hydroxylation is 1. The lowest BCUT2D eigenvalue weighted by Gasteiger charge is -2.37. The predicted molar refractivity (Wildman–Crippen MR) is 93.1 cm³/mol. The minimum absolute atomic E-state index is 0.215. The van der Waals surface area contributed by atoms with E-state index in [1.165, 1.54) is 11.8 Å². The van der Waals surface area contributed by atoms with Crippen LogP contribution < -0.4 is 5.56 Å². The zero-order valence-corrected chi connectivity index (χ0v) is 15.4. The quantitative estimate of drug-likeness (QED) is 0.711. The Labute approximate surface area is 143 Å². The molecule has 0 saturated carbocycles. The lowest BCUT2D eigenvalue weighted by Crippen LogP contribution is -2.46. The molecule has 1 aliphatic heterocycles. The Hall–Kier alpha value is -1.69. The van der Waals surface area contributed by atoms with Crippen LogP contribution in [0.3, 0.4) is 0 Å². The van der Waals surface area contributed by atoms with Crippen molar-refractivity contribution in [3.63, 3.8) is 0 Å². The number of carbonyl (C=O) groups is 1. The maximum atomic E-state index is 12.5. The number of esters is 1. The van der Waals surface area contributed by atoms with Crippen LogP contribution in [-0.2, 0) is 16.0 Å². The minimum Gasteiger partial charge on any atom is -0.467 e. The zero-order chi connectivity index (χ0) is 17.9. The van der Waals surface area contributed by atoms with Gasteiger partial charge in [0.1, 0.15) is 0 Å². The first-order valence-electron chi connectivity index (χ1n) is 8.71. The molecule has 0 aliphatic carbocycles. The van der Waals surface area contributed by atoms with Crippen LogP contribution in [0.5, 0.6) is 0 Å². The zero-order valence-electron chi connectivity index (χ0n) is 15.4. The SMILES string of the molecule is COC(=O)C(CC(C)C)n1nc(CCN2CC(C)C2)cc(C)c1=O. The van der Waals surface area contributed by atoms with Crippen molar-refractivity contribution in [3.05, 3.63) is 27.7 Å². The van der Waals surface area contributed by atoms with Gasteiger partial charge < -0.3 is 9.64 Å². The number of hydrogen-bond acceptors (Lipinski definition) is 5. The van der Waals surface area contributed by atoms with Crippen molar-refractivity contribution < 1.29 is 9.53 Å². The molecule has 6 nitrogen and oxygen atoms in total. The summed E-state index contributed by atoms with van der Waals surface area (Å²) in [6.07, 6.45) is 1.32. The smallest absolute Gasteiger partial charge is 0.330 e. The summed E-state index contributed by atoms with van der Waals surface area (Å²) in [5.74, 6) is 0.615. The molecule has 0 N–H and O–H groups in total. The van der Waals surface area contributed by atoms with E-state index >= 15 is 0 Å². The summed E-state index contributed by atoms with van der Waals surface area (Å²) in [7, 11) is 1.35. The van der Waals surface area contributed by atoms with Crippen LogP contribution in [0.15, 0.2) is 10.9 Å². The van der Waals surface area contributed by atoms with Gasteiger partial charge in [-0.3, -0.25) is 4.79 Å². The van der Waals surface area contributed by atoms with Gasteiger partial charge in [-0.25, -0.2) is 9.48 Å². The van der Waals surface area contributed by atoms with E-state index in [1.54, 1.807) is 6.92 Å². The minimum atomic E-state index is -0.662. The maximum absolute atomic E-state index is 12.5. The highest BCUT2D eigenvalue weighted by molar-refractivity contribution is 5.73. The molecule has 1 aliphatic rings. The summed E-state index contributed by atoms with van der Waals surface area (Å²) in [5.41, 5.74) is 1.26. The van der Waals surface area contributed by atoms with Crippen molar-refractivity contribution >= 4 is 5.97 Å². The number of rotatable bonds is 7. The second kappa shape index (κ2) is 7.92. The van der Waals surface area contributed by atoms with Crippen LogP contribution >= 0.6 is 0 Å². The first-order valence-corrected chi connectivity index (χ1v) is 8.71. The normalized spacial score (nSPS) is 16.9. The summed E-state index contributed by atoms with van der Waals surface area (Å²) in [4.78, 5) is 27.0. The maximum Gasteiger partial charge on any atom is 0.330 e. The molecule has 2 heterocycles. The molecule has 1 unspecified atom stereocenters. The first-order chi connectivity index (χ1) is 11.3. The topological polar surface area (TPSA) is 64.4 Å². The summed E-state index contributed by atoms with van der Waals surface area (Å²) in [5, 5.41) is 4.48. The molecule has 0 amide bonds. The van der Waals surface area contributed by atoms with Gasteiger partial charge >= 0.3 is 5.97 Å². The monoisotopic (exact) mass is 335 g/mol. The fourth-order valence-electron chi connectivity index (χ4n) is 3.20. The lowest BCUT2D eigenvalue weighted by atomic mass is 10.0. The average Bonchev–Trinajstić information content (AvgIpc) is 2.50. The molecule has 134 valence electrons.